The van der Waals surface area contributed by atoms with Gasteiger partial charge < -0.3 is 5.32 Å². The van der Waals surface area contributed by atoms with Gasteiger partial charge in [0.05, 0.1) is 0 Å². The smallest absolute Gasteiger partial charge is 0.220 e. The van der Waals surface area contributed by atoms with Gasteiger partial charge in [-0.2, -0.15) is 0 Å². The van der Waals surface area contributed by atoms with E-state index in [4.69, 9.17) is 0 Å². The second kappa shape index (κ2) is 4.88. The van der Waals surface area contributed by atoms with Gasteiger partial charge in [-0.15, -0.1) is 0 Å². The van der Waals surface area contributed by atoms with Crippen LogP contribution in [0.4, 0.5) is 0 Å². The molecule has 0 aromatic heterocycles. The summed E-state index contributed by atoms with van der Waals surface area (Å²) in [5.41, 5.74) is 3.68. The number of benzene rings is 2. The van der Waals surface area contributed by atoms with Crippen molar-refractivity contribution >= 4 is 5.91 Å². The van der Waals surface area contributed by atoms with Gasteiger partial charge in [0.15, 0.2) is 0 Å². The summed E-state index contributed by atoms with van der Waals surface area (Å²) in [4.78, 5) is 11.4. The molecule has 1 heterocycles. The van der Waals surface area contributed by atoms with E-state index in [9.17, 15) is 4.79 Å². The maximum Gasteiger partial charge on any atom is 0.220 e. The summed E-state index contributed by atoms with van der Waals surface area (Å²) in [6, 6.07) is 19.1. The van der Waals surface area contributed by atoms with Crippen LogP contribution in [0.25, 0.3) is 11.1 Å². The third-order valence-electron chi connectivity index (χ3n) is 3.84. The Hall–Kier alpha value is -2.09. The number of carbonyl (C=O) groups excluding carboxylic acids is 1. The van der Waals surface area contributed by atoms with Crippen LogP contribution < -0.4 is 5.32 Å². The summed E-state index contributed by atoms with van der Waals surface area (Å²) in [6.07, 6.45) is 0.603. The molecule has 0 radical (unpaired) electrons. The van der Waals surface area contributed by atoms with Crippen molar-refractivity contribution in [3.8, 4) is 11.1 Å². The van der Waals surface area contributed by atoms with Crippen LogP contribution in [0.1, 0.15) is 24.8 Å². The van der Waals surface area contributed by atoms with Gasteiger partial charge in [-0.25, -0.2) is 0 Å². The number of hydrogen-bond acceptors (Lipinski definition) is 1. The highest BCUT2D eigenvalue weighted by Gasteiger charge is 2.29. The molecule has 2 aromatic carbocycles. The molecule has 1 aliphatic heterocycles. The fourth-order valence-electron chi connectivity index (χ4n) is 2.75. The van der Waals surface area contributed by atoms with Crippen molar-refractivity contribution in [3.63, 3.8) is 0 Å². The lowest BCUT2D eigenvalue weighted by Gasteiger charge is -2.14. The predicted molar refractivity (Wildman–Crippen MR) is 76.8 cm³/mol. The molecule has 0 spiro atoms. The van der Waals surface area contributed by atoms with Crippen LogP contribution in [0, 0.1) is 0 Å². The van der Waals surface area contributed by atoms with Gasteiger partial charge in [0.1, 0.15) is 0 Å². The minimum absolute atomic E-state index is 0.157. The first-order valence-electron chi connectivity index (χ1n) is 6.69. The summed E-state index contributed by atoms with van der Waals surface area (Å²) in [7, 11) is 0. The normalized spacial score (nSPS) is 22.3. The van der Waals surface area contributed by atoms with Gasteiger partial charge in [0.2, 0.25) is 5.91 Å². The van der Waals surface area contributed by atoms with Crippen molar-refractivity contribution in [3.05, 3.63) is 60.2 Å². The highest BCUT2D eigenvalue weighted by molar-refractivity contribution is 5.80. The maximum atomic E-state index is 11.4. The van der Waals surface area contributed by atoms with Crippen molar-refractivity contribution in [2.45, 2.75) is 25.3 Å². The topological polar surface area (TPSA) is 29.1 Å². The molecule has 1 aliphatic rings. The van der Waals surface area contributed by atoms with Gasteiger partial charge in [-0.1, -0.05) is 54.6 Å². The highest BCUT2D eigenvalue weighted by Crippen LogP contribution is 2.29. The van der Waals surface area contributed by atoms with Crippen molar-refractivity contribution in [1.82, 2.24) is 5.32 Å². The highest BCUT2D eigenvalue weighted by atomic mass is 16.1. The Morgan fingerprint density at radius 2 is 1.58 bits per heavy atom. The minimum Gasteiger partial charge on any atom is -0.353 e. The molecule has 1 saturated heterocycles. The molecule has 3 rings (SSSR count). The lowest BCUT2D eigenvalue weighted by atomic mass is 9.91. The van der Waals surface area contributed by atoms with E-state index >= 15 is 0 Å². The second-order valence-corrected chi connectivity index (χ2v) is 5.15. The van der Waals surface area contributed by atoms with E-state index in [0.29, 0.717) is 12.3 Å². The predicted octanol–water partition coefficient (Wildman–Crippen LogP) is 3.35. The average molecular weight is 251 g/mol. The molecule has 0 bridgehead atoms. The van der Waals surface area contributed by atoms with Crippen LogP contribution in [0.2, 0.25) is 0 Å². The zero-order chi connectivity index (χ0) is 13.2. The molecule has 0 saturated carbocycles. The first-order chi connectivity index (χ1) is 9.24. The molecule has 2 aromatic rings. The molecule has 19 heavy (non-hydrogen) atoms. The van der Waals surface area contributed by atoms with Crippen LogP contribution in [0.15, 0.2) is 54.6 Å². The monoisotopic (exact) mass is 251 g/mol. The molecule has 0 aliphatic carbocycles. The second-order valence-electron chi connectivity index (χ2n) is 5.15. The van der Waals surface area contributed by atoms with Gasteiger partial charge >= 0.3 is 0 Å². The summed E-state index contributed by atoms with van der Waals surface area (Å²) in [5.74, 6) is 0.460. The SMILES string of the molecule is CC1NC(=O)CC1c1ccc(-c2ccccc2)cc1. The number of nitrogens with one attached hydrogen (secondary N) is 1. The molecule has 1 amide bonds. The van der Waals surface area contributed by atoms with Crippen molar-refractivity contribution in [2.75, 3.05) is 0 Å². The first kappa shape index (κ1) is 12.0. The summed E-state index contributed by atoms with van der Waals surface area (Å²) < 4.78 is 0. The molecule has 1 N–H and O–H groups in total. The van der Waals surface area contributed by atoms with Crippen molar-refractivity contribution < 1.29 is 4.79 Å². The van der Waals surface area contributed by atoms with E-state index in [0.717, 1.165) is 0 Å². The summed E-state index contributed by atoms with van der Waals surface area (Å²) >= 11 is 0. The van der Waals surface area contributed by atoms with Crippen LogP contribution in [0.5, 0.6) is 0 Å². The molecular weight excluding hydrogens is 234 g/mol. The number of carbonyl (C=O) groups is 1. The number of hydrogen-bond donors (Lipinski definition) is 1. The first-order valence-corrected chi connectivity index (χ1v) is 6.69. The lowest BCUT2D eigenvalue weighted by molar-refractivity contribution is -0.119. The minimum atomic E-state index is 0.157. The van der Waals surface area contributed by atoms with E-state index in [-0.39, 0.29) is 11.9 Å². The number of rotatable bonds is 2. The Morgan fingerprint density at radius 1 is 0.947 bits per heavy atom. The molecule has 2 heteroatoms. The molecule has 2 nitrogen and oxygen atoms in total. The van der Waals surface area contributed by atoms with Crippen LogP contribution in [-0.2, 0) is 4.79 Å². The average Bonchev–Trinajstić information content (AvgIpc) is 2.79. The molecule has 96 valence electrons. The Bertz CT molecular complexity index is 574. The van der Waals surface area contributed by atoms with Gasteiger partial charge in [0.25, 0.3) is 0 Å². The Labute approximate surface area is 113 Å². The quantitative estimate of drug-likeness (QED) is 0.871. The van der Waals surface area contributed by atoms with Crippen molar-refractivity contribution in [1.29, 1.82) is 0 Å². The molecule has 2 unspecified atom stereocenters. The standard InChI is InChI=1S/C17H17NO/c1-12-16(11-17(19)18-12)15-9-7-14(8-10-15)13-5-3-2-4-6-13/h2-10,12,16H,11H2,1H3,(H,18,19). The van der Waals surface area contributed by atoms with E-state index < -0.39 is 0 Å². The van der Waals surface area contributed by atoms with Crippen LogP contribution >= 0.6 is 0 Å². The van der Waals surface area contributed by atoms with Gasteiger partial charge in [0, 0.05) is 18.4 Å². The lowest BCUT2D eigenvalue weighted by Crippen LogP contribution is -2.24. The summed E-state index contributed by atoms with van der Waals surface area (Å²) in [5, 5.41) is 2.97. The molecular formula is C17H17NO. The van der Waals surface area contributed by atoms with Crippen molar-refractivity contribution in [2.24, 2.45) is 0 Å². The fourth-order valence-corrected chi connectivity index (χ4v) is 2.75. The summed E-state index contributed by atoms with van der Waals surface area (Å²) in [6.45, 7) is 2.07. The zero-order valence-corrected chi connectivity index (χ0v) is 11.0. The van der Waals surface area contributed by atoms with E-state index in [1.807, 2.05) is 18.2 Å². The third kappa shape index (κ3) is 2.39. The molecule has 1 fully saturated rings. The van der Waals surface area contributed by atoms with Gasteiger partial charge in [-0.3, -0.25) is 4.79 Å². The number of amides is 1. The van der Waals surface area contributed by atoms with Crippen LogP contribution in [0.3, 0.4) is 0 Å². The van der Waals surface area contributed by atoms with Crippen LogP contribution in [-0.4, -0.2) is 11.9 Å². The Balaban J connectivity index is 1.85. The van der Waals surface area contributed by atoms with E-state index in [1.54, 1.807) is 0 Å². The maximum absolute atomic E-state index is 11.4. The Morgan fingerprint density at radius 3 is 2.16 bits per heavy atom. The molecule has 2 atom stereocenters. The van der Waals surface area contributed by atoms with E-state index in [1.165, 1.54) is 16.7 Å². The third-order valence-corrected chi connectivity index (χ3v) is 3.84. The van der Waals surface area contributed by atoms with E-state index in [2.05, 4.69) is 48.6 Å². The largest absolute Gasteiger partial charge is 0.353 e. The zero-order valence-electron chi connectivity index (χ0n) is 11.0. The Kier molecular flexibility index (Phi) is 3.08. The fraction of sp³-hybridized carbons (Fsp3) is 0.235. The van der Waals surface area contributed by atoms with Gasteiger partial charge in [-0.05, 0) is 23.6 Å².